The predicted octanol–water partition coefficient (Wildman–Crippen LogP) is 1.32. The Morgan fingerprint density at radius 1 is 1.57 bits per heavy atom. The number of ether oxygens (including phenoxy) is 1. The van der Waals surface area contributed by atoms with Crippen LogP contribution in [0, 0.1) is 5.92 Å². The Bertz CT molecular complexity index is 164. The van der Waals surface area contributed by atoms with Crippen LogP contribution in [0.2, 0.25) is 0 Å². The van der Waals surface area contributed by atoms with Gasteiger partial charge < -0.3 is 14.9 Å². The molecule has 0 aromatic rings. The highest BCUT2D eigenvalue weighted by Crippen LogP contribution is 2.47. The first kappa shape index (κ1) is 12.0. The molecule has 84 valence electrons. The molecular weight excluding hydrogens is 180 g/mol. The van der Waals surface area contributed by atoms with E-state index in [1.54, 1.807) is 0 Å². The van der Waals surface area contributed by atoms with E-state index in [0.717, 1.165) is 25.7 Å². The van der Waals surface area contributed by atoms with Gasteiger partial charge in [0.2, 0.25) is 0 Å². The monoisotopic (exact) mass is 202 g/mol. The summed E-state index contributed by atoms with van der Waals surface area (Å²) in [7, 11) is 0. The molecule has 0 saturated heterocycles. The van der Waals surface area contributed by atoms with Crippen LogP contribution in [0.25, 0.3) is 0 Å². The first-order chi connectivity index (χ1) is 6.65. The highest BCUT2D eigenvalue weighted by atomic mass is 16.5. The summed E-state index contributed by atoms with van der Waals surface area (Å²) in [5, 5.41) is 18.8. The number of aliphatic hydroxyl groups excluding tert-OH is 1. The summed E-state index contributed by atoms with van der Waals surface area (Å²) in [5.41, 5.74) is -0.607. The topological polar surface area (TPSA) is 49.7 Å². The Morgan fingerprint density at radius 3 is 2.64 bits per heavy atom. The van der Waals surface area contributed by atoms with Gasteiger partial charge in [-0.05, 0) is 18.8 Å². The van der Waals surface area contributed by atoms with Crippen LogP contribution >= 0.6 is 0 Å². The molecule has 0 bridgehead atoms. The van der Waals surface area contributed by atoms with E-state index in [1.165, 1.54) is 0 Å². The average molecular weight is 202 g/mol. The van der Waals surface area contributed by atoms with Crippen LogP contribution < -0.4 is 0 Å². The molecule has 3 unspecified atom stereocenters. The molecule has 3 heteroatoms. The van der Waals surface area contributed by atoms with E-state index >= 15 is 0 Å². The number of hydrogen-bond acceptors (Lipinski definition) is 3. The van der Waals surface area contributed by atoms with Crippen molar-refractivity contribution in [1.82, 2.24) is 0 Å². The van der Waals surface area contributed by atoms with E-state index in [9.17, 15) is 5.11 Å². The van der Waals surface area contributed by atoms with Crippen LogP contribution in [0.1, 0.15) is 39.5 Å². The largest absolute Gasteiger partial charge is 0.394 e. The van der Waals surface area contributed by atoms with Gasteiger partial charge in [-0.3, -0.25) is 0 Å². The van der Waals surface area contributed by atoms with E-state index in [4.69, 9.17) is 9.84 Å². The third-order valence-corrected chi connectivity index (χ3v) is 3.11. The lowest BCUT2D eigenvalue weighted by Gasteiger charge is -2.23. The molecular formula is C11H22O3. The molecule has 3 nitrogen and oxygen atoms in total. The Morgan fingerprint density at radius 2 is 2.21 bits per heavy atom. The third kappa shape index (κ3) is 2.69. The molecule has 3 atom stereocenters. The number of rotatable bonds is 7. The summed E-state index contributed by atoms with van der Waals surface area (Å²) >= 11 is 0. The zero-order chi connectivity index (χ0) is 10.6. The van der Waals surface area contributed by atoms with Crippen molar-refractivity contribution < 1.29 is 14.9 Å². The maximum absolute atomic E-state index is 10.1. The fourth-order valence-electron chi connectivity index (χ4n) is 1.94. The lowest BCUT2D eigenvalue weighted by molar-refractivity contribution is -0.0718. The van der Waals surface area contributed by atoms with Crippen LogP contribution in [0.15, 0.2) is 0 Å². The number of unbranched alkanes of at least 4 members (excludes halogenated alkanes) is 1. The zero-order valence-electron chi connectivity index (χ0n) is 9.20. The fourth-order valence-corrected chi connectivity index (χ4v) is 1.94. The predicted molar refractivity (Wildman–Crippen MR) is 55.1 cm³/mol. The first-order valence-corrected chi connectivity index (χ1v) is 5.60. The summed E-state index contributed by atoms with van der Waals surface area (Å²) in [5.74, 6) is 0.350. The summed E-state index contributed by atoms with van der Waals surface area (Å²) < 4.78 is 5.49. The van der Waals surface area contributed by atoms with Gasteiger partial charge in [0.15, 0.2) is 0 Å². The minimum absolute atomic E-state index is 0.0348. The van der Waals surface area contributed by atoms with Gasteiger partial charge in [0.05, 0.1) is 24.9 Å². The zero-order valence-corrected chi connectivity index (χ0v) is 9.20. The molecule has 1 rings (SSSR count). The molecule has 1 fully saturated rings. The van der Waals surface area contributed by atoms with Crippen LogP contribution in [-0.4, -0.2) is 35.1 Å². The van der Waals surface area contributed by atoms with Crippen LogP contribution in [0.4, 0.5) is 0 Å². The third-order valence-electron chi connectivity index (χ3n) is 3.11. The molecule has 2 N–H and O–H groups in total. The first-order valence-electron chi connectivity index (χ1n) is 5.60. The Balaban J connectivity index is 2.36. The standard InChI is InChI=1S/C11H22O3/c1-3-4-5-10(14-7-6-12)11(13)8-9(11)2/h9-10,12-13H,3-8H2,1-2H3. The summed E-state index contributed by atoms with van der Waals surface area (Å²) in [4.78, 5) is 0. The van der Waals surface area contributed by atoms with Crippen molar-refractivity contribution in [2.45, 2.75) is 51.2 Å². The number of hydrogen-bond donors (Lipinski definition) is 2. The minimum Gasteiger partial charge on any atom is -0.394 e. The second kappa shape index (κ2) is 5.10. The average Bonchev–Trinajstić information content (AvgIpc) is 2.76. The smallest absolute Gasteiger partial charge is 0.0938 e. The summed E-state index contributed by atoms with van der Waals surface area (Å²) in [6.07, 6.45) is 3.85. The second-order valence-corrected chi connectivity index (χ2v) is 4.32. The highest BCUT2D eigenvalue weighted by molar-refractivity contribution is 5.06. The van der Waals surface area contributed by atoms with Gasteiger partial charge >= 0.3 is 0 Å². The van der Waals surface area contributed by atoms with E-state index in [0.29, 0.717) is 12.5 Å². The second-order valence-electron chi connectivity index (χ2n) is 4.32. The van der Waals surface area contributed by atoms with Crippen molar-refractivity contribution in [1.29, 1.82) is 0 Å². The molecule has 0 spiro atoms. The van der Waals surface area contributed by atoms with Crippen molar-refractivity contribution >= 4 is 0 Å². The van der Waals surface area contributed by atoms with Gasteiger partial charge in [-0.1, -0.05) is 26.7 Å². The SMILES string of the molecule is CCCCC(OCCO)C1(O)CC1C. The normalized spacial score (nSPS) is 33.0. The molecule has 14 heavy (non-hydrogen) atoms. The van der Waals surface area contributed by atoms with Gasteiger partial charge in [0.25, 0.3) is 0 Å². The molecule has 0 radical (unpaired) electrons. The van der Waals surface area contributed by atoms with Crippen molar-refractivity contribution in [2.24, 2.45) is 5.92 Å². The van der Waals surface area contributed by atoms with Crippen LogP contribution in [-0.2, 0) is 4.74 Å². The Labute approximate surface area is 86.1 Å². The number of aliphatic hydroxyl groups is 2. The lowest BCUT2D eigenvalue weighted by Crippen LogP contribution is -2.33. The van der Waals surface area contributed by atoms with Gasteiger partial charge in [0, 0.05) is 0 Å². The van der Waals surface area contributed by atoms with Gasteiger partial charge in [-0.2, -0.15) is 0 Å². The Hall–Kier alpha value is -0.120. The van der Waals surface area contributed by atoms with Gasteiger partial charge in [-0.15, -0.1) is 0 Å². The lowest BCUT2D eigenvalue weighted by atomic mass is 10.0. The van der Waals surface area contributed by atoms with Crippen molar-refractivity contribution in [3.63, 3.8) is 0 Å². The van der Waals surface area contributed by atoms with Gasteiger partial charge in [0.1, 0.15) is 0 Å². The van der Waals surface area contributed by atoms with Gasteiger partial charge in [-0.25, -0.2) is 0 Å². The van der Waals surface area contributed by atoms with E-state index in [-0.39, 0.29) is 12.7 Å². The molecule has 0 aromatic heterocycles. The summed E-state index contributed by atoms with van der Waals surface area (Å²) in [6.45, 7) is 4.54. The molecule has 1 aliphatic rings. The van der Waals surface area contributed by atoms with Crippen LogP contribution in [0.3, 0.4) is 0 Å². The fraction of sp³-hybridized carbons (Fsp3) is 1.00. The van der Waals surface area contributed by atoms with Crippen LogP contribution in [0.5, 0.6) is 0 Å². The molecule has 0 aliphatic heterocycles. The van der Waals surface area contributed by atoms with Crippen molar-refractivity contribution in [3.8, 4) is 0 Å². The molecule has 1 saturated carbocycles. The van der Waals surface area contributed by atoms with E-state index in [2.05, 4.69) is 6.92 Å². The molecule has 0 aromatic carbocycles. The van der Waals surface area contributed by atoms with Crippen molar-refractivity contribution in [3.05, 3.63) is 0 Å². The quantitative estimate of drug-likeness (QED) is 0.654. The molecule has 0 heterocycles. The highest BCUT2D eigenvalue weighted by Gasteiger charge is 2.55. The van der Waals surface area contributed by atoms with E-state index in [1.807, 2.05) is 6.92 Å². The maximum Gasteiger partial charge on any atom is 0.0938 e. The molecule has 1 aliphatic carbocycles. The summed E-state index contributed by atoms with van der Waals surface area (Å²) in [6, 6.07) is 0. The van der Waals surface area contributed by atoms with Crippen molar-refractivity contribution in [2.75, 3.05) is 13.2 Å². The Kier molecular flexibility index (Phi) is 4.35. The maximum atomic E-state index is 10.1. The minimum atomic E-state index is -0.607. The van der Waals surface area contributed by atoms with E-state index < -0.39 is 5.60 Å². The molecule has 0 amide bonds.